The summed E-state index contributed by atoms with van der Waals surface area (Å²) < 4.78 is 0. The summed E-state index contributed by atoms with van der Waals surface area (Å²) in [6, 6.07) is 0. The van der Waals surface area contributed by atoms with Crippen molar-refractivity contribution in [2.75, 3.05) is 13.1 Å². The lowest BCUT2D eigenvalue weighted by molar-refractivity contribution is 0.0965. The Kier molecular flexibility index (Phi) is 1.88. The molecule has 4 aliphatic carbocycles. The van der Waals surface area contributed by atoms with E-state index < -0.39 is 0 Å². The van der Waals surface area contributed by atoms with Crippen molar-refractivity contribution in [1.82, 2.24) is 0 Å². The molecule has 0 radical (unpaired) electrons. The second-order valence-electron chi connectivity index (χ2n) is 6.47. The Hall–Kier alpha value is -0.340. The highest BCUT2D eigenvalue weighted by Gasteiger charge is 2.63. The van der Waals surface area contributed by atoms with Crippen LogP contribution in [0.3, 0.4) is 0 Å². The average molecular weight is 218 g/mol. The maximum absolute atomic E-state index is 5.99. The van der Waals surface area contributed by atoms with E-state index in [1.54, 1.807) is 0 Å². The third-order valence-corrected chi connectivity index (χ3v) is 6.31. The van der Waals surface area contributed by atoms with Crippen LogP contribution in [-0.4, -0.2) is 13.1 Å². The molecule has 0 aromatic rings. The van der Waals surface area contributed by atoms with Crippen LogP contribution in [0.5, 0.6) is 0 Å². The van der Waals surface area contributed by atoms with Crippen LogP contribution in [0.1, 0.15) is 12.8 Å². The van der Waals surface area contributed by atoms with Gasteiger partial charge in [-0.1, -0.05) is 12.2 Å². The summed E-state index contributed by atoms with van der Waals surface area (Å²) >= 11 is 0. The third-order valence-electron chi connectivity index (χ3n) is 6.31. The standard InChI is InChI=1S/C14H22N2/c15-5-11-9-4-10(12(11)6-16)14-8-2-1-7(3-8)13(9)14/h1-2,7-14H,3-6,15-16H2/t7?,8?,9?,10?,11-,12-,13?,14?/m1/s1. The summed E-state index contributed by atoms with van der Waals surface area (Å²) in [5.74, 6) is 7.07. The monoisotopic (exact) mass is 218 g/mol. The van der Waals surface area contributed by atoms with E-state index >= 15 is 0 Å². The topological polar surface area (TPSA) is 52.0 Å². The molecule has 2 nitrogen and oxygen atoms in total. The summed E-state index contributed by atoms with van der Waals surface area (Å²) in [6.45, 7) is 1.74. The van der Waals surface area contributed by atoms with Crippen molar-refractivity contribution in [2.45, 2.75) is 12.8 Å². The van der Waals surface area contributed by atoms with E-state index in [1.165, 1.54) is 12.8 Å². The molecule has 8 atom stereocenters. The quantitative estimate of drug-likeness (QED) is 0.541. The van der Waals surface area contributed by atoms with E-state index in [2.05, 4.69) is 12.2 Å². The predicted octanol–water partition coefficient (Wildman–Crippen LogP) is 1.22. The van der Waals surface area contributed by atoms with Crippen molar-refractivity contribution in [1.29, 1.82) is 0 Å². The Bertz CT molecular complexity index is 308. The normalized spacial score (nSPS) is 60.9. The van der Waals surface area contributed by atoms with Crippen molar-refractivity contribution in [3.05, 3.63) is 12.2 Å². The molecule has 0 amide bonds. The number of hydrogen-bond acceptors (Lipinski definition) is 2. The van der Waals surface area contributed by atoms with Gasteiger partial charge in [-0.2, -0.15) is 0 Å². The van der Waals surface area contributed by atoms with Crippen LogP contribution in [0.15, 0.2) is 12.2 Å². The van der Waals surface area contributed by atoms with Crippen LogP contribution in [-0.2, 0) is 0 Å². The highest BCUT2D eigenvalue weighted by molar-refractivity contribution is 5.22. The van der Waals surface area contributed by atoms with Gasteiger partial charge < -0.3 is 11.5 Å². The first-order chi connectivity index (χ1) is 7.85. The van der Waals surface area contributed by atoms with Crippen LogP contribution in [0.4, 0.5) is 0 Å². The molecule has 2 heteroatoms. The van der Waals surface area contributed by atoms with Gasteiger partial charge in [0.15, 0.2) is 0 Å². The van der Waals surface area contributed by atoms with Crippen LogP contribution in [0.2, 0.25) is 0 Å². The summed E-state index contributed by atoms with van der Waals surface area (Å²) in [4.78, 5) is 0. The summed E-state index contributed by atoms with van der Waals surface area (Å²) in [6.07, 6.45) is 7.87. The molecule has 4 bridgehead atoms. The lowest BCUT2D eigenvalue weighted by atomic mass is 9.65. The second kappa shape index (κ2) is 3.11. The van der Waals surface area contributed by atoms with Gasteiger partial charge in [-0.05, 0) is 73.3 Å². The molecule has 0 spiro atoms. The van der Waals surface area contributed by atoms with Gasteiger partial charge in [-0.15, -0.1) is 0 Å². The Morgan fingerprint density at radius 1 is 0.812 bits per heavy atom. The Morgan fingerprint density at radius 3 is 1.75 bits per heavy atom. The smallest absolute Gasteiger partial charge is 0.00429 e. The fraction of sp³-hybridized carbons (Fsp3) is 0.857. The van der Waals surface area contributed by atoms with Crippen molar-refractivity contribution >= 4 is 0 Å². The van der Waals surface area contributed by atoms with E-state index in [4.69, 9.17) is 11.5 Å². The zero-order chi connectivity index (χ0) is 10.9. The third kappa shape index (κ3) is 0.925. The molecule has 4 N–H and O–H groups in total. The first kappa shape index (κ1) is 9.67. The first-order valence-electron chi connectivity index (χ1n) is 6.93. The Balaban J connectivity index is 1.71. The minimum atomic E-state index is 0.740. The van der Waals surface area contributed by atoms with E-state index in [1.807, 2.05) is 0 Å². The van der Waals surface area contributed by atoms with Gasteiger partial charge in [-0.3, -0.25) is 0 Å². The molecule has 4 rings (SSSR count). The van der Waals surface area contributed by atoms with Crippen molar-refractivity contribution in [3.8, 4) is 0 Å². The zero-order valence-corrected chi connectivity index (χ0v) is 9.76. The molecule has 0 saturated heterocycles. The van der Waals surface area contributed by atoms with Gasteiger partial charge in [0.25, 0.3) is 0 Å². The maximum atomic E-state index is 5.99. The molecule has 0 aromatic heterocycles. The predicted molar refractivity (Wildman–Crippen MR) is 64.4 cm³/mol. The number of allylic oxidation sites excluding steroid dienone is 2. The maximum Gasteiger partial charge on any atom is -0.00429 e. The number of hydrogen-bond donors (Lipinski definition) is 2. The highest BCUT2D eigenvalue weighted by Crippen LogP contribution is 2.68. The highest BCUT2D eigenvalue weighted by atomic mass is 14.7. The van der Waals surface area contributed by atoms with Crippen LogP contribution in [0, 0.1) is 47.3 Å². The SMILES string of the molecule is NC[C@@H]1C2CC(C3C4C=CC(C4)C32)[C@H]1CN. The minimum Gasteiger partial charge on any atom is -0.330 e. The summed E-state index contributed by atoms with van der Waals surface area (Å²) in [7, 11) is 0. The Labute approximate surface area is 97.5 Å². The van der Waals surface area contributed by atoms with E-state index in [9.17, 15) is 0 Å². The molecule has 0 aromatic carbocycles. The van der Waals surface area contributed by atoms with Crippen molar-refractivity contribution in [3.63, 3.8) is 0 Å². The van der Waals surface area contributed by atoms with E-state index in [0.29, 0.717) is 0 Å². The van der Waals surface area contributed by atoms with Crippen molar-refractivity contribution < 1.29 is 0 Å². The van der Waals surface area contributed by atoms with E-state index in [0.717, 1.165) is 60.4 Å². The number of rotatable bonds is 2. The van der Waals surface area contributed by atoms with Crippen molar-refractivity contribution in [2.24, 2.45) is 58.8 Å². The summed E-state index contributed by atoms with van der Waals surface area (Å²) in [5.41, 5.74) is 12.0. The number of fused-ring (bicyclic) bond motifs is 9. The van der Waals surface area contributed by atoms with Gasteiger partial charge in [0, 0.05) is 0 Å². The average Bonchev–Trinajstić information content (AvgIpc) is 3.03. The van der Waals surface area contributed by atoms with Crippen LogP contribution >= 0.6 is 0 Å². The van der Waals surface area contributed by atoms with Gasteiger partial charge in [0.1, 0.15) is 0 Å². The molecule has 88 valence electrons. The molecule has 16 heavy (non-hydrogen) atoms. The van der Waals surface area contributed by atoms with Gasteiger partial charge in [0.2, 0.25) is 0 Å². The van der Waals surface area contributed by atoms with Crippen LogP contribution in [0.25, 0.3) is 0 Å². The Morgan fingerprint density at radius 2 is 1.31 bits per heavy atom. The molecule has 3 saturated carbocycles. The first-order valence-corrected chi connectivity index (χ1v) is 6.93. The fourth-order valence-corrected chi connectivity index (χ4v) is 5.99. The minimum absolute atomic E-state index is 0.740. The van der Waals surface area contributed by atoms with E-state index in [-0.39, 0.29) is 0 Å². The molecule has 6 unspecified atom stereocenters. The molecule has 4 aliphatic rings. The molecular weight excluding hydrogens is 196 g/mol. The zero-order valence-electron chi connectivity index (χ0n) is 9.76. The fourth-order valence-electron chi connectivity index (χ4n) is 5.99. The second-order valence-corrected chi connectivity index (χ2v) is 6.47. The molecule has 3 fully saturated rings. The van der Waals surface area contributed by atoms with Gasteiger partial charge in [0.05, 0.1) is 0 Å². The lowest BCUT2D eigenvalue weighted by Crippen LogP contribution is -2.42. The molecular formula is C14H22N2. The molecule has 0 aliphatic heterocycles. The van der Waals surface area contributed by atoms with Gasteiger partial charge >= 0.3 is 0 Å². The lowest BCUT2D eigenvalue weighted by Gasteiger charge is -2.41. The molecule has 0 heterocycles. The summed E-state index contributed by atoms with van der Waals surface area (Å²) in [5, 5.41) is 0. The number of nitrogens with two attached hydrogens (primary N) is 2. The van der Waals surface area contributed by atoms with Gasteiger partial charge in [-0.25, -0.2) is 0 Å². The largest absolute Gasteiger partial charge is 0.330 e. The van der Waals surface area contributed by atoms with Crippen LogP contribution < -0.4 is 11.5 Å².